The predicted molar refractivity (Wildman–Crippen MR) is 61.0 cm³/mol. The first-order chi connectivity index (χ1) is 6.72. The lowest BCUT2D eigenvalue weighted by molar-refractivity contribution is 0.606. The first kappa shape index (κ1) is 10.9. The van der Waals surface area contributed by atoms with Gasteiger partial charge < -0.3 is 5.32 Å². The monoisotopic (exact) mass is 227 g/mol. The van der Waals surface area contributed by atoms with E-state index in [1.807, 2.05) is 13.0 Å². The number of fused-ring (bicyclic) bond motifs is 1. The van der Waals surface area contributed by atoms with Gasteiger partial charge in [0.1, 0.15) is 5.82 Å². The lowest BCUT2D eigenvalue weighted by Crippen LogP contribution is -2.19. The van der Waals surface area contributed by atoms with E-state index in [2.05, 4.69) is 11.4 Å². The van der Waals surface area contributed by atoms with Gasteiger partial charge in [-0.15, -0.1) is 12.4 Å². The van der Waals surface area contributed by atoms with Gasteiger partial charge in [0.2, 0.25) is 0 Å². The first-order valence-corrected chi connectivity index (χ1v) is 5.20. The number of benzene rings is 1. The fraction of sp³-hybridized carbons (Fsp3) is 0.500. The summed E-state index contributed by atoms with van der Waals surface area (Å²) in [6.45, 7) is 3.95. The molecule has 0 amide bonds. The molecule has 1 aliphatic heterocycles. The SMILES string of the molecule is Cc1ccc([C@]23CNC[C@@H]2C3)cc1F.Cl. The van der Waals surface area contributed by atoms with E-state index in [0.29, 0.717) is 0 Å². The normalized spacial score (nSPS) is 32.0. The maximum absolute atomic E-state index is 13.4. The molecular formula is C12H15ClFN. The molecular weight excluding hydrogens is 213 g/mol. The number of aryl methyl sites for hydroxylation is 1. The smallest absolute Gasteiger partial charge is 0.126 e. The number of hydrogen-bond acceptors (Lipinski definition) is 1. The van der Waals surface area contributed by atoms with Crippen LogP contribution >= 0.6 is 12.4 Å². The molecule has 0 radical (unpaired) electrons. The zero-order valence-electron chi connectivity index (χ0n) is 8.72. The van der Waals surface area contributed by atoms with Gasteiger partial charge in [0.25, 0.3) is 0 Å². The van der Waals surface area contributed by atoms with Gasteiger partial charge in [-0.05, 0) is 43.0 Å². The molecule has 1 N–H and O–H groups in total. The Morgan fingerprint density at radius 1 is 1.47 bits per heavy atom. The van der Waals surface area contributed by atoms with E-state index < -0.39 is 0 Å². The van der Waals surface area contributed by atoms with Gasteiger partial charge in [-0.3, -0.25) is 0 Å². The lowest BCUT2D eigenvalue weighted by atomic mass is 9.94. The second-order valence-electron chi connectivity index (χ2n) is 4.65. The third-order valence-corrected chi connectivity index (χ3v) is 3.81. The van der Waals surface area contributed by atoms with E-state index in [4.69, 9.17) is 0 Å². The highest BCUT2D eigenvalue weighted by Crippen LogP contribution is 2.56. The fourth-order valence-electron chi connectivity index (χ4n) is 2.69. The molecule has 1 aromatic carbocycles. The van der Waals surface area contributed by atoms with Crippen molar-refractivity contribution in [2.75, 3.05) is 13.1 Å². The molecule has 0 aromatic heterocycles. The minimum absolute atomic E-state index is 0. The highest BCUT2D eigenvalue weighted by atomic mass is 35.5. The number of nitrogens with one attached hydrogen (secondary N) is 1. The number of hydrogen-bond donors (Lipinski definition) is 1. The summed E-state index contributed by atoms with van der Waals surface area (Å²) in [5.74, 6) is 0.694. The molecule has 2 fully saturated rings. The van der Waals surface area contributed by atoms with Gasteiger partial charge in [0.15, 0.2) is 0 Å². The van der Waals surface area contributed by atoms with Crippen molar-refractivity contribution in [1.29, 1.82) is 0 Å². The van der Waals surface area contributed by atoms with Gasteiger partial charge in [0, 0.05) is 12.0 Å². The van der Waals surface area contributed by atoms with Crippen LogP contribution in [0.15, 0.2) is 18.2 Å². The first-order valence-electron chi connectivity index (χ1n) is 5.20. The summed E-state index contributed by atoms with van der Waals surface area (Å²) in [6.07, 6.45) is 1.24. The number of piperidine rings is 1. The van der Waals surface area contributed by atoms with Crippen LogP contribution in [-0.4, -0.2) is 13.1 Å². The van der Waals surface area contributed by atoms with E-state index in [-0.39, 0.29) is 23.6 Å². The topological polar surface area (TPSA) is 12.0 Å². The predicted octanol–water partition coefficient (Wildman–Crippen LogP) is 2.42. The van der Waals surface area contributed by atoms with Crippen LogP contribution in [0.1, 0.15) is 17.5 Å². The van der Waals surface area contributed by atoms with Crippen molar-refractivity contribution in [3.05, 3.63) is 35.1 Å². The van der Waals surface area contributed by atoms with Crippen LogP contribution in [0.4, 0.5) is 4.39 Å². The van der Waals surface area contributed by atoms with E-state index in [9.17, 15) is 4.39 Å². The van der Waals surface area contributed by atoms with Crippen molar-refractivity contribution in [1.82, 2.24) is 5.32 Å². The summed E-state index contributed by atoms with van der Waals surface area (Å²) in [6, 6.07) is 5.71. The second kappa shape index (κ2) is 3.46. The highest BCUT2D eigenvalue weighted by Gasteiger charge is 2.58. The quantitative estimate of drug-likeness (QED) is 0.777. The zero-order chi connectivity index (χ0) is 9.76. The van der Waals surface area contributed by atoms with Gasteiger partial charge in [0.05, 0.1) is 0 Å². The Hall–Kier alpha value is -0.600. The molecule has 1 saturated heterocycles. The van der Waals surface area contributed by atoms with Crippen LogP contribution in [0.25, 0.3) is 0 Å². The molecule has 0 unspecified atom stereocenters. The largest absolute Gasteiger partial charge is 0.316 e. The molecule has 3 heteroatoms. The van der Waals surface area contributed by atoms with Gasteiger partial charge >= 0.3 is 0 Å². The number of halogens is 2. The molecule has 0 spiro atoms. The van der Waals surface area contributed by atoms with E-state index in [0.717, 1.165) is 24.6 Å². The van der Waals surface area contributed by atoms with Crippen LogP contribution in [0.5, 0.6) is 0 Å². The Bertz CT molecular complexity index is 393. The van der Waals surface area contributed by atoms with Crippen molar-refractivity contribution in [2.24, 2.45) is 5.92 Å². The van der Waals surface area contributed by atoms with Crippen LogP contribution in [0.2, 0.25) is 0 Å². The standard InChI is InChI=1S/C12H14FN.ClH/c1-8-2-3-9(4-11(8)13)12-5-10(12)6-14-7-12;/h2-4,10,14H,5-7H2,1H3;1H/t10-,12-;/m0./s1. The molecule has 15 heavy (non-hydrogen) atoms. The Labute approximate surface area is 95.5 Å². The highest BCUT2D eigenvalue weighted by molar-refractivity contribution is 5.85. The maximum atomic E-state index is 13.4. The Morgan fingerprint density at radius 3 is 2.80 bits per heavy atom. The summed E-state index contributed by atoms with van der Waals surface area (Å²) < 4.78 is 13.4. The van der Waals surface area contributed by atoms with Gasteiger partial charge in [-0.25, -0.2) is 4.39 Å². The average Bonchev–Trinajstić information content (AvgIpc) is 2.75. The van der Waals surface area contributed by atoms with E-state index in [1.54, 1.807) is 6.07 Å². The summed E-state index contributed by atoms with van der Waals surface area (Å²) in [4.78, 5) is 0. The molecule has 1 nitrogen and oxygen atoms in total. The summed E-state index contributed by atoms with van der Waals surface area (Å²) >= 11 is 0. The van der Waals surface area contributed by atoms with Crippen molar-refractivity contribution in [3.8, 4) is 0 Å². The van der Waals surface area contributed by atoms with Crippen molar-refractivity contribution >= 4 is 12.4 Å². The molecule has 0 bridgehead atoms. The number of rotatable bonds is 1. The summed E-state index contributed by atoms with van der Waals surface area (Å²) in [5, 5.41) is 3.37. The average molecular weight is 228 g/mol. The van der Waals surface area contributed by atoms with Crippen molar-refractivity contribution < 1.29 is 4.39 Å². The summed E-state index contributed by atoms with van der Waals surface area (Å²) in [7, 11) is 0. The molecule has 3 rings (SSSR count). The molecule has 82 valence electrons. The molecule has 1 heterocycles. The van der Waals surface area contributed by atoms with Crippen molar-refractivity contribution in [3.63, 3.8) is 0 Å². The zero-order valence-corrected chi connectivity index (χ0v) is 9.53. The lowest BCUT2D eigenvalue weighted by Gasteiger charge is -2.12. The molecule has 1 aliphatic carbocycles. The maximum Gasteiger partial charge on any atom is 0.126 e. The third-order valence-electron chi connectivity index (χ3n) is 3.81. The minimum Gasteiger partial charge on any atom is -0.316 e. The molecule has 1 aromatic rings. The van der Waals surface area contributed by atoms with Gasteiger partial charge in [-0.1, -0.05) is 12.1 Å². The molecule has 2 aliphatic rings. The fourth-order valence-corrected chi connectivity index (χ4v) is 2.69. The molecule has 2 atom stereocenters. The van der Waals surface area contributed by atoms with Crippen LogP contribution in [-0.2, 0) is 5.41 Å². The van der Waals surface area contributed by atoms with Crippen molar-refractivity contribution in [2.45, 2.75) is 18.8 Å². The van der Waals surface area contributed by atoms with E-state index in [1.165, 1.54) is 12.0 Å². The van der Waals surface area contributed by atoms with Crippen LogP contribution < -0.4 is 5.32 Å². The minimum atomic E-state index is -0.0607. The van der Waals surface area contributed by atoms with E-state index >= 15 is 0 Å². The molecule has 1 saturated carbocycles. The Kier molecular flexibility index (Phi) is 2.52. The third kappa shape index (κ3) is 1.47. The Balaban J connectivity index is 0.000000853. The Morgan fingerprint density at radius 2 is 2.27 bits per heavy atom. The van der Waals surface area contributed by atoms with Crippen LogP contribution in [0, 0.1) is 18.7 Å². The van der Waals surface area contributed by atoms with Crippen LogP contribution in [0.3, 0.4) is 0 Å². The second-order valence-corrected chi connectivity index (χ2v) is 4.65. The summed E-state index contributed by atoms with van der Waals surface area (Å²) in [5.41, 5.74) is 2.22. The van der Waals surface area contributed by atoms with Gasteiger partial charge in [-0.2, -0.15) is 0 Å².